The van der Waals surface area contributed by atoms with Crippen LogP contribution in [0.15, 0.2) is 54.6 Å². The van der Waals surface area contributed by atoms with E-state index < -0.39 is 96.0 Å². The van der Waals surface area contributed by atoms with Crippen LogP contribution in [0.3, 0.4) is 0 Å². The smallest absolute Gasteiger partial charge is 0.311 e. The lowest BCUT2D eigenvalue weighted by atomic mass is 9.77. The molecule has 3 saturated heterocycles. The molecule has 3 aromatic rings. The summed E-state index contributed by atoms with van der Waals surface area (Å²) in [5.74, 6) is -3.11. The van der Waals surface area contributed by atoms with Crippen molar-refractivity contribution in [1.29, 1.82) is 0 Å². The van der Waals surface area contributed by atoms with Crippen LogP contribution in [-0.4, -0.2) is 178 Å². The molecule has 5 heterocycles. The number of aliphatic hydroxyl groups is 5. The number of esters is 1. The van der Waals surface area contributed by atoms with Gasteiger partial charge in [-0.2, -0.15) is 0 Å². The highest BCUT2D eigenvalue weighted by molar-refractivity contribution is 7.18. The topological polar surface area (TPSA) is 221 Å². The number of rotatable bonds is 12. The van der Waals surface area contributed by atoms with Gasteiger partial charge in [-0.25, -0.2) is 0 Å². The number of methoxy groups -OCH3 is 1. The third-order valence-electron chi connectivity index (χ3n) is 16.6. The van der Waals surface area contributed by atoms with Crippen LogP contribution in [0.1, 0.15) is 111 Å². The predicted octanol–water partition coefficient (Wildman–Crippen LogP) is 6.54. The molecule has 0 unspecified atom stereocenters. The van der Waals surface area contributed by atoms with Crippen molar-refractivity contribution in [3.8, 4) is 21.6 Å². The molecule has 0 saturated carbocycles. The summed E-state index contributed by atoms with van der Waals surface area (Å²) < 4.78 is 38.3. The van der Waals surface area contributed by atoms with E-state index in [1.54, 1.807) is 34.6 Å². The molecule has 75 heavy (non-hydrogen) atoms. The number of nitrogens with zero attached hydrogens (tertiary/aromatic N) is 2. The first kappa shape index (κ1) is 59.1. The number of hydrogen-bond acceptors (Lipinski definition) is 17. The molecule has 418 valence electrons. The molecule has 3 fully saturated rings. The fourth-order valence-corrected chi connectivity index (χ4v) is 13.3. The molecule has 2 aromatic carbocycles. The number of nitrogens with one attached hydrogen (secondary N) is 2. The monoisotopic (exact) mass is 1070 g/mol. The highest BCUT2D eigenvalue weighted by Gasteiger charge is 2.53. The molecular weight excluding hydrogens is 981 g/mol. The zero-order valence-electron chi connectivity index (χ0n) is 46.3. The van der Waals surface area contributed by atoms with Gasteiger partial charge in [0.25, 0.3) is 5.91 Å². The number of cyclic esters (lactones) is 1. The van der Waals surface area contributed by atoms with Crippen molar-refractivity contribution in [2.45, 2.75) is 192 Å². The van der Waals surface area contributed by atoms with Crippen LogP contribution in [0.25, 0.3) is 21.6 Å². The van der Waals surface area contributed by atoms with E-state index in [0.717, 1.165) is 32.9 Å². The maximum atomic E-state index is 14.7. The van der Waals surface area contributed by atoms with Crippen LogP contribution in [0.2, 0.25) is 0 Å². The number of fused-ring (bicyclic) bond motifs is 5. The molecular formula is C57H86N4O13S. The number of benzene rings is 2. The van der Waals surface area contributed by atoms with Crippen LogP contribution in [-0.2, 0) is 33.2 Å². The third kappa shape index (κ3) is 12.8. The molecule has 1 amide bonds. The van der Waals surface area contributed by atoms with E-state index in [9.17, 15) is 35.1 Å². The van der Waals surface area contributed by atoms with Crippen LogP contribution >= 0.6 is 11.3 Å². The molecule has 7 rings (SSSR count). The van der Waals surface area contributed by atoms with E-state index in [2.05, 4.69) is 22.8 Å². The zero-order valence-corrected chi connectivity index (χ0v) is 47.1. The number of carbonyl (C=O) groups excluding carboxylic acids is 2. The normalized spacial score (nSPS) is 38.2. The predicted molar refractivity (Wildman–Crippen MR) is 289 cm³/mol. The summed E-state index contributed by atoms with van der Waals surface area (Å²) in [6.45, 7) is 18.6. The second kappa shape index (κ2) is 24.2. The number of amides is 1. The first-order valence-electron chi connectivity index (χ1n) is 27.0. The third-order valence-corrected chi connectivity index (χ3v) is 17.7. The average Bonchev–Trinajstić information content (AvgIpc) is 3.76. The molecule has 17 nitrogen and oxygen atoms in total. The van der Waals surface area contributed by atoms with Crippen molar-refractivity contribution in [2.24, 2.45) is 17.8 Å². The minimum Gasteiger partial charge on any atom is -0.459 e. The van der Waals surface area contributed by atoms with Crippen LogP contribution in [0.4, 0.5) is 11.4 Å². The molecule has 18 atom stereocenters. The highest BCUT2D eigenvalue weighted by atomic mass is 32.1. The lowest BCUT2D eigenvalue weighted by Crippen LogP contribution is -2.60. The Bertz CT molecular complexity index is 2340. The van der Waals surface area contributed by atoms with E-state index in [1.807, 2.05) is 94.1 Å². The Morgan fingerprint density at radius 3 is 2.21 bits per heavy atom. The second-order valence-electron chi connectivity index (χ2n) is 22.9. The Hall–Kier alpha value is -3.60. The number of anilines is 2. The molecule has 4 aliphatic rings. The number of carbonyl (C=O) groups is 2. The summed E-state index contributed by atoms with van der Waals surface area (Å²) in [5, 5.41) is 67.2. The van der Waals surface area contributed by atoms with E-state index >= 15 is 0 Å². The van der Waals surface area contributed by atoms with Crippen LogP contribution in [0.5, 0.6) is 0 Å². The van der Waals surface area contributed by atoms with Gasteiger partial charge in [-0.05, 0) is 112 Å². The molecule has 0 radical (unpaired) electrons. The lowest BCUT2D eigenvalue weighted by molar-refractivity contribution is -0.318. The molecule has 18 heteroatoms. The van der Waals surface area contributed by atoms with E-state index in [1.165, 1.54) is 25.4 Å². The fourth-order valence-electron chi connectivity index (χ4n) is 12.1. The van der Waals surface area contributed by atoms with Gasteiger partial charge >= 0.3 is 5.97 Å². The van der Waals surface area contributed by atoms with Gasteiger partial charge in [0.1, 0.15) is 30.0 Å². The summed E-state index contributed by atoms with van der Waals surface area (Å²) in [6, 6.07) is 17.1. The number of hydrogen-bond donors (Lipinski definition) is 7. The SMILES string of the molecule is CC[C@H]1OC(=O)[C@H](C)[C@@H](O[C@@H]2C[C@@](C)(OC)[C@@H](O)[C@@H](C)O2)[C@H](C)[C@@H](O[C@@H]2O[C@H](C)C[C@H](N(C)C)[C@H]2O)[C@](C)(O)C[C@@H](C)CN(CCCNC(=O)c2cc3c(s2)-c2ccccc2Nc2ccccc2-3)[C@H](C)[C@@H](O)[C@]1(C)O. The van der Waals surface area contributed by atoms with Crippen molar-refractivity contribution in [2.75, 3.05) is 46.2 Å². The van der Waals surface area contributed by atoms with Crippen LogP contribution < -0.4 is 10.6 Å². The van der Waals surface area contributed by atoms with Crippen LogP contribution in [0, 0.1) is 17.8 Å². The Labute approximate surface area is 448 Å². The number of aliphatic hydroxyl groups excluding tert-OH is 3. The van der Waals surface area contributed by atoms with Gasteiger partial charge in [-0.3, -0.25) is 14.5 Å². The lowest BCUT2D eigenvalue weighted by Gasteiger charge is -2.48. The van der Waals surface area contributed by atoms with Gasteiger partial charge in [0, 0.05) is 84.1 Å². The van der Waals surface area contributed by atoms with Crippen molar-refractivity contribution < 1.29 is 63.5 Å². The van der Waals surface area contributed by atoms with E-state index in [-0.39, 0.29) is 43.2 Å². The average molecular weight is 1070 g/mol. The van der Waals surface area contributed by atoms with E-state index in [0.29, 0.717) is 37.4 Å². The Kier molecular flexibility index (Phi) is 19.0. The van der Waals surface area contributed by atoms with Crippen molar-refractivity contribution in [3.05, 3.63) is 59.5 Å². The highest BCUT2D eigenvalue weighted by Crippen LogP contribution is 2.48. The van der Waals surface area contributed by atoms with Gasteiger partial charge in [-0.15, -0.1) is 11.3 Å². The summed E-state index contributed by atoms with van der Waals surface area (Å²) in [4.78, 5) is 34.2. The summed E-state index contributed by atoms with van der Waals surface area (Å²) >= 11 is 1.45. The standard InChI is InChI=1S/C57H86N4O13S/c1-14-44-57(10,68)49(63)35(6)61(25-19-24-58-52(65)43-27-39-37-20-15-17-22-40(37)59-41-23-18-16-21-38(41)48(39)75-43)30-31(2)28-55(8,67)51(74-54-46(62)42(60(11)12)26-32(3)70-54)33(4)47(34(5)53(66)72-44)73-45-29-56(9,69-13)50(64)36(7)71-45/h15-18,20-23,27,31-36,42,44-47,49-51,54,59,62-64,67-68H,14,19,24-26,28-30H2,1-13H3,(H,58,65)/t31-,32-,33+,34-,35-,36-,42+,44-,45-,46-,47+,49-,50+,51-,54+,55-,56-,57-/m1/s1. The minimum absolute atomic E-state index is 0.0964. The number of thiophene rings is 1. The summed E-state index contributed by atoms with van der Waals surface area (Å²) in [6.07, 6.45) is -8.66. The van der Waals surface area contributed by atoms with Gasteiger partial charge in [-0.1, -0.05) is 57.2 Å². The first-order chi connectivity index (χ1) is 35.3. The summed E-state index contributed by atoms with van der Waals surface area (Å²) in [7, 11) is 5.27. The van der Waals surface area contributed by atoms with Crippen molar-refractivity contribution >= 4 is 34.6 Å². The second-order valence-corrected chi connectivity index (χ2v) is 24.0. The molecule has 0 aliphatic carbocycles. The number of ether oxygens (including phenoxy) is 6. The zero-order chi connectivity index (χ0) is 54.9. The molecule has 7 N–H and O–H groups in total. The maximum Gasteiger partial charge on any atom is 0.311 e. The minimum atomic E-state index is -1.94. The molecule has 0 spiro atoms. The fraction of sp³-hybridized carbons (Fsp3) is 0.684. The summed E-state index contributed by atoms with van der Waals surface area (Å²) in [5.41, 5.74) is 0.258. The van der Waals surface area contributed by atoms with E-state index in [4.69, 9.17) is 28.4 Å². The van der Waals surface area contributed by atoms with Gasteiger partial charge in [0.05, 0.1) is 46.4 Å². The van der Waals surface area contributed by atoms with Gasteiger partial charge in [0.2, 0.25) is 0 Å². The maximum absolute atomic E-state index is 14.7. The Morgan fingerprint density at radius 2 is 1.56 bits per heavy atom. The number of likely N-dealkylation sites (N-methyl/N-ethyl adjacent to an activating group) is 1. The van der Waals surface area contributed by atoms with Gasteiger partial charge in [0.15, 0.2) is 12.6 Å². The molecule has 1 aromatic heterocycles. The first-order valence-corrected chi connectivity index (χ1v) is 27.8. The quantitative estimate of drug-likeness (QED) is 0.0591. The molecule has 4 aliphatic heterocycles. The molecule has 0 bridgehead atoms. The van der Waals surface area contributed by atoms with Crippen molar-refractivity contribution in [1.82, 2.24) is 15.1 Å². The van der Waals surface area contributed by atoms with Crippen molar-refractivity contribution in [3.63, 3.8) is 0 Å². The number of para-hydroxylation sites is 2. The Morgan fingerprint density at radius 1 is 0.907 bits per heavy atom. The largest absolute Gasteiger partial charge is 0.459 e. The van der Waals surface area contributed by atoms with Gasteiger partial charge < -0.3 is 69.5 Å². The Balaban J connectivity index is 1.18.